The van der Waals surface area contributed by atoms with E-state index in [1.165, 1.54) is 16.6 Å². The fourth-order valence-electron chi connectivity index (χ4n) is 3.18. The molecule has 2 atom stereocenters. The van der Waals surface area contributed by atoms with E-state index in [0.29, 0.717) is 28.6 Å². The van der Waals surface area contributed by atoms with E-state index >= 15 is 0 Å². The number of amides is 1. The smallest absolute Gasteiger partial charge is 0.238 e. The first-order valence-electron chi connectivity index (χ1n) is 8.89. The lowest BCUT2D eigenvalue weighted by Gasteiger charge is -2.17. The molecule has 6 heteroatoms. The van der Waals surface area contributed by atoms with Crippen LogP contribution in [0.25, 0.3) is 0 Å². The minimum absolute atomic E-state index is 0.0440. The number of carbonyl (C=O) groups is 1. The molecule has 2 aromatic rings. The minimum atomic E-state index is -0.205. The molecule has 2 unspecified atom stereocenters. The normalized spacial score (nSPS) is 17.2. The van der Waals surface area contributed by atoms with Crippen molar-refractivity contribution >= 4 is 39.7 Å². The zero-order chi connectivity index (χ0) is 18.7. The third-order valence-corrected chi connectivity index (χ3v) is 7.23. The molecular weight excluding hydrogens is 362 g/mol. The predicted molar refractivity (Wildman–Crippen MR) is 110 cm³/mol. The summed E-state index contributed by atoms with van der Waals surface area (Å²) in [6.07, 6.45) is 3.76. The fraction of sp³-hybridized carbons (Fsp3) is 0.400. The molecule has 3 N–H and O–H groups in total. The third-order valence-electron chi connectivity index (χ3n) is 4.68. The maximum atomic E-state index is 12.8. The van der Waals surface area contributed by atoms with Crippen LogP contribution in [-0.2, 0) is 17.6 Å². The molecule has 0 aliphatic heterocycles. The molecule has 0 fully saturated rings. The highest BCUT2D eigenvalue weighted by Crippen LogP contribution is 2.39. The zero-order valence-electron chi connectivity index (χ0n) is 15.0. The van der Waals surface area contributed by atoms with Crippen molar-refractivity contribution in [1.82, 2.24) is 0 Å². The number of anilines is 2. The number of carbonyl (C=O) groups excluding carboxylic acids is 1. The topological polar surface area (TPSA) is 78.9 Å². The van der Waals surface area contributed by atoms with Crippen molar-refractivity contribution in [2.45, 2.75) is 49.7 Å². The molecule has 1 amide bonds. The van der Waals surface area contributed by atoms with Gasteiger partial charge in [-0.3, -0.25) is 4.79 Å². The predicted octanol–water partition coefficient (Wildman–Crippen LogP) is 4.84. The van der Waals surface area contributed by atoms with Gasteiger partial charge >= 0.3 is 0 Å². The summed E-state index contributed by atoms with van der Waals surface area (Å²) in [6.45, 7) is 4.24. The Bertz CT molecular complexity index is 836. The van der Waals surface area contributed by atoms with Crippen LogP contribution in [0.1, 0.15) is 42.7 Å². The Hall–Kier alpha value is -1.97. The first-order chi connectivity index (χ1) is 12.5. The number of nitrogen functional groups attached to an aromatic ring is 1. The summed E-state index contributed by atoms with van der Waals surface area (Å²) >= 11 is 3.10. The van der Waals surface area contributed by atoms with Crippen molar-refractivity contribution < 1.29 is 4.79 Å². The van der Waals surface area contributed by atoms with Crippen LogP contribution in [0.5, 0.6) is 0 Å². The number of nitrogens with two attached hydrogens (primary N) is 1. The molecule has 0 radical (unpaired) electrons. The third kappa shape index (κ3) is 4.05. The number of nitriles is 1. The summed E-state index contributed by atoms with van der Waals surface area (Å²) in [5.41, 5.74) is 8.24. The van der Waals surface area contributed by atoms with Crippen LogP contribution in [0.2, 0.25) is 0 Å². The highest BCUT2D eigenvalue weighted by Gasteiger charge is 2.26. The maximum absolute atomic E-state index is 12.8. The molecule has 4 nitrogen and oxygen atoms in total. The molecule has 1 aromatic carbocycles. The van der Waals surface area contributed by atoms with Crippen molar-refractivity contribution in [3.8, 4) is 6.07 Å². The molecular formula is C20H23N3OS2. The first kappa shape index (κ1) is 18.8. The van der Waals surface area contributed by atoms with Crippen LogP contribution in [0.15, 0.2) is 29.2 Å². The zero-order valence-corrected chi connectivity index (χ0v) is 16.7. The van der Waals surface area contributed by atoms with Crippen LogP contribution < -0.4 is 11.1 Å². The summed E-state index contributed by atoms with van der Waals surface area (Å²) < 4.78 is 0. The Kier molecular flexibility index (Phi) is 5.90. The highest BCUT2D eigenvalue weighted by atomic mass is 32.2. The fourth-order valence-corrected chi connectivity index (χ4v) is 5.50. The van der Waals surface area contributed by atoms with Gasteiger partial charge in [0.15, 0.2) is 0 Å². The minimum Gasteiger partial charge on any atom is -0.399 e. The number of hydrogen-bond donors (Lipinski definition) is 2. The second kappa shape index (κ2) is 8.15. The van der Waals surface area contributed by atoms with Gasteiger partial charge in [-0.15, -0.1) is 23.1 Å². The van der Waals surface area contributed by atoms with E-state index in [1.54, 1.807) is 11.3 Å². The van der Waals surface area contributed by atoms with Crippen molar-refractivity contribution in [3.63, 3.8) is 0 Å². The van der Waals surface area contributed by atoms with Gasteiger partial charge in [-0.25, -0.2) is 0 Å². The lowest BCUT2D eigenvalue weighted by Crippen LogP contribution is -2.24. The monoisotopic (exact) mass is 385 g/mol. The van der Waals surface area contributed by atoms with Gasteiger partial charge in [0.05, 0.1) is 10.8 Å². The van der Waals surface area contributed by atoms with Gasteiger partial charge < -0.3 is 11.1 Å². The van der Waals surface area contributed by atoms with E-state index < -0.39 is 0 Å². The van der Waals surface area contributed by atoms with Gasteiger partial charge in [-0.2, -0.15) is 5.26 Å². The summed E-state index contributed by atoms with van der Waals surface area (Å²) in [7, 11) is 0. The number of fused-ring (bicyclic) bond motifs is 1. The Morgan fingerprint density at radius 1 is 1.46 bits per heavy atom. The number of thioether (sulfide) groups is 1. The molecule has 136 valence electrons. The Morgan fingerprint density at radius 2 is 2.19 bits per heavy atom. The molecule has 26 heavy (non-hydrogen) atoms. The standard InChI is InChI=1S/C20H23N3OS2/c1-3-17(25-14-7-5-13(22)6-8-14)19(24)23-20-16(11-21)15-9-4-12(2)10-18(15)26-20/h5-8,12,17H,3-4,9-10,22H2,1-2H3,(H,23,24). The molecule has 0 spiro atoms. The highest BCUT2D eigenvalue weighted by molar-refractivity contribution is 8.00. The quantitative estimate of drug-likeness (QED) is 0.570. The molecule has 1 aliphatic carbocycles. The van der Waals surface area contributed by atoms with Crippen LogP contribution >= 0.6 is 23.1 Å². The molecule has 3 rings (SSSR count). The van der Waals surface area contributed by atoms with E-state index in [9.17, 15) is 10.1 Å². The SMILES string of the molecule is CCC(Sc1ccc(N)cc1)C(=O)Nc1sc2c(c1C#N)CCC(C)C2. The second-order valence-corrected chi connectivity index (χ2v) is 9.12. The van der Waals surface area contributed by atoms with Crippen LogP contribution in [0.4, 0.5) is 10.7 Å². The summed E-state index contributed by atoms with van der Waals surface area (Å²) in [6, 6.07) is 9.86. The summed E-state index contributed by atoms with van der Waals surface area (Å²) in [5, 5.41) is 13.1. The first-order valence-corrected chi connectivity index (χ1v) is 10.6. The lowest BCUT2D eigenvalue weighted by molar-refractivity contribution is -0.115. The Morgan fingerprint density at radius 3 is 2.85 bits per heavy atom. The average Bonchev–Trinajstić information content (AvgIpc) is 2.96. The number of thiophene rings is 1. The van der Waals surface area contributed by atoms with Gasteiger partial charge in [-0.05, 0) is 61.4 Å². The van der Waals surface area contributed by atoms with Gasteiger partial charge in [-0.1, -0.05) is 13.8 Å². The molecule has 0 saturated carbocycles. The molecule has 1 heterocycles. The Balaban J connectivity index is 1.76. The number of nitrogens with zero attached hydrogens (tertiary/aromatic N) is 1. The van der Waals surface area contributed by atoms with Gasteiger partial charge in [0.25, 0.3) is 0 Å². The number of hydrogen-bond acceptors (Lipinski definition) is 5. The maximum Gasteiger partial charge on any atom is 0.238 e. The molecule has 0 saturated heterocycles. The lowest BCUT2D eigenvalue weighted by atomic mass is 9.88. The molecule has 1 aliphatic rings. The van der Waals surface area contributed by atoms with Crippen LogP contribution in [0.3, 0.4) is 0 Å². The molecule has 1 aromatic heterocycles. The van der Waals surface area contributed by atoms with E-state index in [0.717, 1.165) is 29.7 Å². The van der Waals surface area contributed by atoms with Gasteiger partial charge in [0.1, 0.15) is 11.1 Å². The van der Waals surface area contributed by atoms with E-state index in [2.05, 4.69) is 18.3 Å². The van der Waals surface area contributed by atoms with Crippen molar-refractivity contribution in [2.75, 3.05) is 11.1 Å². The number of benzene rings is 1. The largest absolute Gasteiger partial charge is 0.399 e. The van der Waals surface area contributed by atoms with E-state index in [1.807, 2.05) is 31.2 Å². The van der Waals surface area contributed by atoms with Crippen molar-refractivity contribution in [1.29, 1.82) is 5.26 Å². The summed E-state index contributed by atoms with van der Waals surface area (Å²) in [4.78, 5) is 15.1. The number of rotatable bonds is 5. The van der Waals surface area contributed by atoms with E-state index in [4.69, 9.17) is 5.73 Å². The van der Waals surface area contributed by atoms with Crippen LogP contribution in [-0.4, -0.2) is 11.2 Å². The van der Waals surface area contributed by atoms with Gasteiger partial charge in [0.2, 0.25) is 5.91 Å². The average molecular weight is 386 g/mol. The number of nitrogens with one attached hydrogen (secondary N) is 1. The van der Waals surface area contributed by atoms with Crippen molar-refractivity contribution in [3.05, 3.63) is 40.3 Å². The van der Waals surface area contributed by atoms with Gasteiger partial charge in [0, 0.05) is 15.5 Å². The summed E-state index contributed by atoms with van der Waals surface area (Å²) in [5.74, 6) is 0.596. The van der Waals surface area contributed by atoms with Crippen LogP contribution in [0, 0.1) is 17.2 Å². The van der Waals surface area contributed by atoms with E-state index in [-0.39, 0.29) is 11.2 Å². The van der Waals surface area contributed by atoms with Crippen molar-refractivity contribution in [2.24, 2.45) is 5.92 Å². The Labute approximate surface area is 162 Å². The second-order valence-electron chi connectivity index (χ2n) is 6.74. The molecule has 0 bridgehead atoms.